The molecule has 6 atom stereocenters. The van der Waals surface area contributed by atoms with Crippen LogP contribution >= 0.6 is 0 Å². The summed E-state index contributed by atoms with van der Waals surface area (Å²) in [6.45, 7) is 7.79. The molecule has 37 heavy (non-hydrogen) atoms. The monoisotopic (exact) mass is 506 g/mol. The summed E-state index contributed by atoms with van der Waals surface area (Å²) in [5.74, 6) is 6.07. The molecule has 0 amide bonds. The summed E-state index contributed by atoms with van der Waals surface area (Å²) in [5.41, 5.74) is 3.77. The van der Waals surface area contributed by atoms with E-state index < -0.39 is 11.4 Å². The van der Waals surface area contributed by atoms with E-state index in [1.807, 2.05) is 12.1 Å². The Morgan fingerprint density at radius 1 is 1.00 bits per heavy atom. The maximum absolute atomic E-state index is 12.2. The van der Waals surface area contributed by atoms with Gasteiger partial charge in [-0.05, 0) is 79.0 Å². The second kappa shape index (κ2) is 8.93. The van der Waals surface area contributed by atoms with Gasteiger partial charge in [0.1, 0.15) is 6.61 Å². The van der Waals surface area contributed by atoms with Crippen LogP contribution in [0.3, 0.4) is 0 Å². The Morgan fingerprint density at radius 2 is 1.73 bits per heavy atom. The molecule has 0 aromatic heterocycles. The summed E-state index contributed by atoms with van der Waals surface area (Å²) >= 11 is 0. The lowest BCUT2D eigenvalue weighted by atomic mass is 9.51. The molecule has 5 heteroatoms. The van der Waals surface area contributed by atoms with E-state index in [-0.39, 0.29) is 29.5 Å². The maximum Gasteiger partial charge on any atom is 0.171 e. The summed E-state index contributed by atoms with van der Waals surface area (Å²) < 4.78 is 12.7. The van der Waals surface area contributed by atoms with E-state index in [2.05, 4.69) is 44.7 Å². The number of aliphatic hydroxyl groups excluding tert-OH is 2. The molecule has 1 aromatic rings. The third-order valence-electron chi connectivity index (χ3n) is 10.4. The molecule has 6 rings (SSSR count). The Bertz CT molecular complexity index is 1130. The summed E-state index contributed by atoms with van der Waals surface area (Å²) in [6.07, 6.45) is 6.32. The van der Waals surface area contributed by atoms with Crippen LogP contribution in [-0.2, 0) is 9.47 Å². The van der Waals surface area contributed by atoms with Crippen molar-refractivity contribution in [3.8, 4) is 11.8 Å². The number of aliphatic hydroxyl groups is 3. The minimum absolute atomic E-state index is 0.000217. The van der Waals surface area contributed by atoms with Crippen LogP contribution in [0.1, 0.15) is 89.2 Å². The van der Waals surface area contributed by atoms with Gasteiger partial charge in [0.25, 0.3) is 0 Å². The van der Waals surface area contributed by atoms with Crippen LogP contribution < -0.4 is 0 Å². The molecule has 0 radical (unpaired) electrons. The second-order valence-electron chi connectivity index (χ2n) is 13.5. The molecule has 200 valence electrons. The topological polar surface area (TPSA) is 79.2 Å². The fourth-order valence-electron chi connectivity index (χ4n) is 8.46. The van der Waals surface area contributed by atoms with E-state index in [4.69, 9.17) is 14.6 Å². The predicted octanol–water partition coefficient (Wildman–Crippen LogP) is 4.69. The number of benzene rings is 1. The summed E-state index contributed by atoms with van der Waals surface area (Å²) in [7, 11) is 0. The van der Waals surface area contributed by atoms with Crippen LogP contribution in [0.2, 0.25) is 0 Å². The van der Waals surface area contributed by atoms with E-state index in [1.54, 1.807) is 0 Å². The third kappa shape index (κ3) is 4.21. The first-order chi connectivity index (χ1) is 17.6. The van der Waals surface area contributed by atoms with E-state index in [1.165, 1.54) is 16.7 Å². The highest BCUT2D eigenvalue weighted by Crippen LogP contribution is 2.65. The molecule has 4 aliphatic carbocycles. The lowest BCUT2D eigenvalue weighted by Gasteiger charge is -2.57. The highest BCUT2D eigenvalue weighted by Gasteiger charge is 2.60. The smallest absolute Gasteiger partial charge is 0.171 e. The molecule has 1 aliphatic heterocycles. The molecule has 4 unspecified atom stereocenters. The minimum atomic E-state index is -0.901. The van der Waals surface area contributed by atoms with Crippen LogP contribution in [0.15, 0.2) is 35.4 Å². The molecule has 1 saturated heterocycles. The summed E-state index contributed by atoms with van der Waals surface area (Å²) in [6, 6.07) is 8.40. The van der Waals surface area contributed by atoms with Gasteiger partial charge < -0.3 is 24.8 Å². The average molecular weight is 507 g/mol. The van der Waals surface area contributed by atoms with Crippen molar-refractivity contribution in [1.29, 1.82) is 0 Å². The minimum Gasteiger partial charge on any atom is -0.393 e. The number of rotatable bonds is 1. The zero-order chi connectivity index (χ0) is 26.1. The zero-order valence-corrected chi connectivity index (χ0v) is 22.6. The van der Waals surface area contributed by atoms with Crippen LogP contribution in [0.25, 0.3) is 0 Å². The van der Waals surface area contributed by atoms with Gasteiger partial charge in [0, 0.05) is 29.7 Å². The van der Waals surface area contributed by atoms with Gasteiger partial charge in [-0.1, -0.05) is 50.3 Å². The van der Waals surface area contributed by atoms with Gasteiger partial charge in [0.2, 0.25) is 0 Å². The molecule has 3 saturated carbocycles. The van der Waals surface area contributed by atoms with Gasteiger partial charge in [-0.15, -0.1) is 0 Å². The van der Waals surface area contributed by atoms with Gasteiger partial charge in [-0.2, -0.15) is 0 Å². The van der Waals surface area contributed by atoms with Gasteiger partial charge in [-0.25, -0.2) is 0 Å². The zero-order valence-electron chi connectivity index (χ0n) is 22.6. The Hall–Kier alpha value is -1.68. The number of fused-ring (bicyclic) bond motifs is 4. The first-order valence-corrected chi connectivity index (χ1v) is 14.2. The van der Waals surface area contributed by atoms with Crippen molar-refractivity contribution in [3.63, 3.8) is 0 Å². The molecule has 3 N–H and O–H groups in total. The lowest BCUT2D eigenvalue weighted by molar-refractivity contribution is -0.322. The lowest BCUT2D eigenvalue weighted by Crippen LogP contribution is -2.57. The Morgan fingerprint density at radius 3 is 2.43 bits per heavy atom. The van der Waals surface area contributed by atoms with E-state index in [0.717, 1.165) is 50.5 Å². The van der Waals surface area contributed by atoms with Gasteiger partial charge >= 0.3 is 0 Å². The van der Waals surface area contributed by atoms with E-state index in [0.29, 0.717) is 31.5 Å². The third-order valence-corrected chi connectivity index (χ3v) is 10.4. The number of hydrogen-bond donors (Lipinski definition) is 3. The first-order valence-electron chi connectivity index (χ1n) is 14.2. The molecule has 1 heterocycles. The Labute approximate surface area is 221 Å². The van der Waals surface area contributed by atoms with Crippen molar-refractivity contribution in [2.24, 2.45) is 22.7 Å². The molecule has 1 aromatic carbocycles. The normalized spacial score (nSPS) is 39.8. The Kier molecular flexibility index (Phi) is 6.18. The standard InChI is InChI=1S/C32H42O5/c1-29(2)19-36-32(37-20-29)15-13-26-28-23(12-14-31(26,35)18-32)25-10-11-27(34)30(25,3)17-24(28)22-8-6-21(7-9-22)5-4-16-33/h6-9,23-25,27,33-35H,10-20H2,1-3H3/t23?,24?,25?,27?,30-,31+/m0/s1. The second-order valence-corrected chi connectivity index (χ2v) is 13.5. The molecular formula is C32H42O5. The summed E-state index contributed by atoms with van der Waals surface area (Å²) in [5, 5.41) is 32.4. The number of ether oxygens (including phenoxy) is 2. The van der Waals surface area contributed by atoms with Crippen LogP contribution in [-0.4, -0.2) is 52.6 Å². The fraction of sp³-hybridized carbons (Fsp3) is 0.688. The highest BCUT2D eigenvalue weighted by molar-refractivity contribution is 5.45. The van der Waals surface area contributed by atoms with Crippen LogP contribution in [0, 0.1) is 34.5 Å². The highest BCUT2D eigenvalue weighted by atomic mass is 16.7. The molecule has 5 aliphatic rings. The molecule has 5 nitrogen and oxygen atoms in total. The fourth-order valence-corrected chi connectivity index (χ4v) is 8.46. The van der Waals surface area contributed by atoms with Gasteiger partial charge in [-0.3, -0.25) is 0 Å². The number of allylic oxidation sites excluding steroid dienone is 1. The van der Waals surface area contributed by atoms with Crippen molar-refractivity contribution < 1.29 is 24.8 Å². The van der Waals surface area contributed by atoms with Crippen LogP contribution in [0.4, 0.5) is 0 Å². The van der Waals surface area contributed by atoms with E-state index >= 15 is 0 Å². The average Bonchev–Trinajstić information content (AvgIpc) is 3.18. The number of hydrogen-bond acceptors (Lipinski definition) is 5. The molecule has 4 fully saturated rings. The van der Waals surface area contributed by atoms with Crippen LogP contribution in [0.5, 0.6) is 0 Å². The largest absolute Gasteiger partial charge is 0.393 e. The summed E-state index contributed by atoms with van der Waals surface area (Å²) in [4.78, 5) is 0. The van der Waals surface area contributed by atoms with Crippen molar-refractivity contribution in [3.05, 3.63) is 46.5 Å². The van der Waals surface area contributed by atoms with Crippen molar-refractivity contribution in [2.75, 3.05) is 19.8 Å². The molecule has 1 spiro atoms. The van der Waals surface area contributed by atoms with Gasteiger partial charge in [0.05, 0.1) is 24.9 Å². The quantitative estimate of drug-likeness (QED) is 0.381. The predicted molar refractivity (Wildman–Crippen MR) is 142 cm³/mol. The molecular weight excluding hydrogens is 464 g/mol. The maximum atomic E-state index is 12.2. The first kappa shape index (κ1) is 25.6. The van der Waals surface area contributed by atoms with Crippen molar-refractivity contribution in [2.45, 2.75) is 95.5 Å². The SMILES string of the molecule is CC1(C)COC2(CCC3=C4C(c5ccc(C#CCO)cc5)C[C@]5(C)C(O)CCC5C4CC[C@@]3(O)C2)OC1. The van der Waals surface area contributed by atoms with Crippen molar-refractivity contribution >= 4 is 0 Å². The van der Waals surface area contributed by atoms with Crippen molar-refractivity contribution in [1.82, 2.24) is 0 Å². The molecule has 0 bridgehead atoms. The Balaban J connectivity index is 1.40. The van der Waals surface area contributed by atoms with Gasteiger partial charge in [0.15, 0.2) is 5.79 Å². The van der Waals surface area contributed by atoms with E-state index in [9.17, 15) is 10.2 Å².